The average molecular weight is 265 g/mol. The van der Waals surface area contributed by atoms with Crippen LogP contribution in [0.4, 0.5) is 0 Å². The van der Waals surface area contributed by atoms with E-state index in [2.05, 4.69) is 36.6 Å². The van der Waals surface area contributed by atoms with Crippen LogP contribution in [0.5, 0.6) is 0 Å². The van der Waals surface area contributed by atoms with Crippen molar-refractivity contribution in [1.82, 2.24) is 4.98 Å². The van der Waals surface area contributed by atoms with Gasteiger partial charge in [-0.25, -0.2) is 9.55 Å². The number of hydrogen-bond acceptors (Lipinski definition) is 0. The summed E-state index contributed by atoms with van der Waals surface area (Å²) >= 11 is 0. The molecule has 1 aromatic heterocycles. The Hall–Kier alpha value is -0.790. The van der Waals surface area contributed by atoms with Gasteiger partial charge < -0.3 is 0 Å². The second-order valence-electron chi connectivity index (χ2n) is 5.97. The van der Waals surface area contributed by atoms with Crippen LogP contribution in [0.1, 0.15) is 89.8 Å². The number of aromatic nitrogens is 2. The third-order valence-electron chi connectivity index (χ3n) is 4.12. The molecule has 0 aliphatic heterocycles. The highest BCUT2D eigenvalue weighted by Gasteiger charge is 2.15. The number of H-pyrrole nitrogens is 1. The van der Waals surface area contributed by atoms with Crippen molar-refractivity contribution in [2.75, 3.05) is 0 Å². The number of aromatic amines is 1. The molecule has 0 aliphatic rings. The Bertz CT molecular complexity index is 317. The molecule has 0 fully saturated rings. The van der Waals surface area contributed by atoms with E-state index in [-0.39, 0.29) is 0 Å². The molecule has 0 aliphatic carbocycles. The minimum atomic E-state index is 0.657. The van der Waals surface area contributed by atoms with Gasteiger partial charge in [0.1, 0.15) is 12.4 Å². The number of nitrogens with zero attached hydrogens (tertiary/aromatic N) is 1. The lowest BCUT2D eigenvalue weighted by Crippen LogP contribution is -2.31. The molecule has 0 bridgehead atoms. The summed E-state index contributed by atoms with van der Waals surface area (Å²) in [6.45, 7) is 4.61. The SMILES string of the molecule is CCCCCCCCCCCC(C)c1[nH]cc[n+]1C. The lowest BCUT2D eigenvalue weighted by atomic mass is 10.0. The van der Waals surface area contributed by atoms with Gasteiger partial charge in [0.25, 0.3) is 5.82 Å². The van der Waals surface area contributed by atoms with E-state index in [1.165, 1.54) is 70.0 Å². The normalized spacial score (nSPS) is 12.8. The summed E-state index contributed by atoms with van der Waals surface area (Å²) in [5, 5.41) is 0. The number of imidazole rings is 1. The molecule has 0 saturated carbocycles. The fraction of sp³-hybridized carbons (Fsp3) is 0.824. The zero-order valence-electron chi connectivity index (χ0n) is 13.3. The van der Waals surface area contributed by atoms with Gasteiger partial charge in [-0.1, -0.05) is 71.6 Å². The number of rotatable bonds is 11. The molecule has 110 valence electrons. The first-order chi connectivity index (χ1) is 9.25. The maximum Gasteiger partial charge on any atom is 0.256 e. The van der Waals surface area contributed by atoms with E-state index in [0.717, 1.165) is 0 Å². The van der Waals surface area contributed by atoms with Gasteiger partial charge in [0.05, 0.1) is 13.0 Å². The highest BCUT2D eigenvalue weighted by atomic mass is 15.0. The van der Waals surface area contributed by atoms with Crippen LogP contribution in [0.2, 0.25) is 0 Å². The summed E-state index contributed by atoms with van der Waals surface area (Å²) in [6.07, 6.45) is 18.2. The van der Waals surface area contributed by atoms with Gasteiger partial charge in [-0.05, 0) is 6.42 Å². The summed E-state index contributed by atoms with van der Waals surface area (Å²) in [6, 6.07) is 0. The number of nitrogens with one attached hydrogen (secondary N) is 1. The van der Waals surface area contributed by atoms with Crippen molar-refractivity contribution in [3.05, 3.63) is 18.2 Å². The van der Waals surface area contributed by atoms with E-state index in [0.29, 0.717) is 5.92 Å². The molecule has 1 N–H and O–H groups in total. The van der Waals surface area contributed by atoms with E-state index in [9.17, 15) is 0 Å². The summed E-state index contributed by atoms with van der Waals surface area (Å²) < 4.78 is 2.21. The van der Waals surface area contributed by atoms with Crippen molar-refractivity contribution in [2.45, 2.75) is 84.0 Å². The predicted octanol–water partition coefficient (Wildman–Crippen LogP) is 4.86. The Morgan fingerprint density at radius 1 is 1.00 bits per heavy atom. The molecule has 0 aromatic carbocycles. The van der Waals surface area contributed by atoms with E-state index in [1.807, 2.05) is 6.20 Å². The Labute approximate surface area is 119 Å². The van der Waals surface area contributed by atoms with Gasteiger partial charge >= 0.3 is 0 Å². The summed E-state index contributed by atoms with van der Waals surface area (Å²) in [5.41, 5.74) is 0. The molecule has 2 heteroatoms. The molecule has 1 aromatic rings. The Kier molecular flexibility index (Phi) is 8.61. The van der Waals surface area contributed by atoms with Crippen LogP contribution < -0.4 is 4.57 Å². The van der Waals surface area contributed by atoms with Gasteiger partial charge in [0, 0.05) is 0 Å². The van der Waals surface area contributed by atoms with Crippen LogP contribution in [0.25, 0.3) is 0 Å². The van der Waals surface area contributed by atoms with E-state index in [4.69, 9.17) is 0 Å². The molecule has 0 spiro atoms. The molecule has 1 rings (SSSR count). The third-order valence-corrected chi connectivity index (χ3v) is 4.12. The first-order valence-corrected chi connectivity index (χ1v) is 8.28. The summed E-state index contributed by atoms with van der Waals surface area (Å²) in [7, 11) is 2.12. The van der Waals surface area contributed by atoms with Crippen molar-refractivity contribution in [3.8, 4) is 0 Å². The monoisotopic (exact) mass is 265 g/mol. The van der Waals surface area contributed by atoms with E-state index < -0.39 is 0 Å². The van der Waals surface area contributed by atoms with Gasteiger partial charge in [-0.3, -0.25) is 0 Å². The van der Waals surface area contributed by atoms with Gasteiger partial charge in [0.15, 0.2) is 0 Å². The summed E-state index contributed by atoms with van der Waals surface area (Å²) in [5.74, 6) is 2.02. The lowest BCUT2D eigenvalue weighted by molar-refractivity contribution is -0.679. The van der Waals surface area contributed by atoms with Crippen LogP contribution >= 0.6 is 0 Å². The molecule has 0 radical (unpaired) electrons. The molecule has 1 unspecified atom stereocenters. The van der Waals surface area contributed by atoms with Crippen LogP contribution in [0.15, 0.2) is 12.4 Å². The van der Waals surface area contributed by atoms with Crippen molar-refractivity contribution < 1.29 is 4.57 Å². The second-order valence-corrected chi connectivity index (χ2v) is 5.97. The number of hydrogen-bond donors (Lipinski definition) is 1. The largest absolute Gasteiger partial charge is 0.256 e. The molecule has 2 nitrogen and oxygen atoms in total. The van der Waals surface area contributed by atoms with Crippen LogP contribution in [0, 0.1) is 0 Å². The topological polar surface area (TPSA) is 19.7 Å². The number of unbranched alkanes of at least 4 members (excludes halogenated alkanes) is 8. The average Bonchev–Trinajstić information content (AvgIpc) is 2.83. The Balaban J connectivity index is 1.95. The van der Waals surface area contributed by atoms with E-state index in [1.54, 1.807) is 0 Å². The number of aryl methyl sites for hydroxylation is 1. The van der Waals surface area contributed by atoms with Crippen molar-refractivity contribution in [2.24, 2.45) is 7.05 Å². The first-order valence-electron chi connectivity index (χ1n) is 8.28. The maximum absolute atomic E-state index is 3.35. The van der Waals surface area contributed by atoms with Gasteiger partial charge in [0.2, 0.25) is 0 Å². The van der Waals surface area contributed by atoms with E-state index >= 15 is 0 Å². The Morgan fingerprint density at radius 3 is 2.11 bits per heavy atom. The van der Waals surface area contributed by atoms with Crippen molar-refractivity contribution >= 4 is 0 Å². The predicted molar refractivity (Wildman–Crippen MR) is 82.2 cm³/mol. The third kappa shape index (κ3) is 6.79. The van der Waals surface area contributed by atoms with Crippen LogP contribution in [-0.4, -0.2) is 4.98 Å². The second kappa shape index (κ2) is 10.1. The highest BCUT2D eigenvalue weighted by molar-refractivity contribution is 4.86. The van der Waals surface area contributed by atoms with Crippen molar-refractivity contribution in [3.63, 3.8) is 0 Å². The molecular weight excluding hydrogens is 232 g/mol. The zero-order chi connectivity index (χ0) is 13.9. The van der Waals surface area contributed by atoms with Gasteiger partial charge in [-0.2, -0.15) is 0 Å². The molecule has 1 atom stereocenters. The fourth-order valence-electron chi connectivity index (χ4n) is 2.80. The molecule has 0 saturated heterocycles. The zero-order valence-corrected chi connectivity index (χ0v) is 13.3. The first kappa shape index (κ1) is 16.3. The molecule has 1 heterocycles. The standard InChI is InChI=1S/C17H32N2/c1-4-5-6-7-8-9-10-11-12-13-16(2)17-18-14-15-19(17)3/h14-16H,4-13H2,1-3H3/p+1. The maximum atomic E-state index is 3.35. The Morgan fingerprint density at radius 2 is 1.58 bits per heavy atom. The molecule has 19 heavy (non-hydrogen) atoms. The van der Waals surface area contributed by atoms with Crippen LogP contribution in [0.3, 0.4) is 0 Å². The smallest absolute Gasteiger partial charge is 0.247 e. The van der Waals surface area contributed by atoms with Crippen LogP contribution in [-0.2, 0) is 7.05 Å². The molecule has 0 amide bonds. The lowest BCUT2D eigenvalue weighted by Gasteiger charge is -2.06. The van der Waals surface area contributed by atoms with Crippen molar-refractivity contribution in [1.29, 1.82) is 0 Å². The van der Waals surface area contributed by atoms with Gasteiger partial charge in [-0.15, -0.1) is 0 Å². The minimum absolute atomic E-state index is 0.657. The minimum Gasteiger partial charge on any atom is -0.247 e. The molecular formula is C17H33N2+. The summed E-state index contributed by atoms with van der Waals surface area (Å²) in [4.78, 5) is 3.35. The fourth-order valence-corrected chi connectivity index (χ4v) is 2.80. The highest BCUT2D eigenvalue weighted by Crippen LogP contribution is 2.18. The quantitative estimate of drug-likeness (QED) is 0.435.